The Labute approximate surface area is 149 Å². The van der Waals surface area contributed by atoms with E-state index in [0.29, 0.717) is 28.2 Å². The van der Waals surface area contributed by atoms with Gasteiger partial charge in [-0.2, -0.15) is 13.2 Å². The minimum Gasteiger partial charge on any atom is -0.497 e. The smallest absolute Gasteiger partial charge is 0.416 e. The summed E-state index contributed by atoms with van der Waals surface area (Å²) in [6, 6.07) is 18.0. The third kappa shape index (κ3) is 3.67. The molecule has 0 aliphatic carbocycles. The molecule has 0 unspecified atom stereocenters. The Bertz CT molecular complexity index is 883. The van der Waals surface area contributed by atoms with Gasteiger partial charge in [0.15, 0.2) is 0 Å². The number of rotatable bonds is 4. The molecule has 2 nitrogen and oxygen atoms in total. The predicted molar refractivity (Wildman–Crippen MR) is 95.4 cm³/mol. The highest BCUT2D eigenvalue weighted by Crippen LogP contribution is 2.38. The summed E-state index contributed by atoms with van der Waals surface area (Å²) in [6.45, 7) is 0. The van der Waals surface area contributed by atoms with E-state index in [2.05, 4.69) is 0 Å². The van der Waals surface area contributed by atoms with Gasteiger partial charge in [-0.3, -0.25) is 0 Å². The van der Waals surface area contributed by atoms with Crippen molar-refractivity contribution in [1.29, 1.82) is 0 Å². The molecule has 0 aliphatic rings. The number of methoxy groups -OCH3 is 2. The van der Waals surface area contributed by atoms with E-state index >= 15 is 0 Å². The van der Waals surface area contributed by atoms with Crippen LogP contribution in [0.3, 0.4) is 0 Å². The molecular weight excluding hydrogens is 341 g/mol. The van der Waals surface area contributed by atoms with Gasteiger partial charge in [0.25, 0.3) is 0 Å². The zero-order chi connectivity index (χ0) is 18.7. The Morgan fingerprint density at radius 2 is 1.08 bits per heavy atom. The molecule has 3 rings (SSSR count). The van der Waals surface area contributed by atoms with Crippen molar-refractivity contribution in [3.05, 3.63) is 72.3 Å². The molecular formula is C21H17F3O2. The van der Waals surface area contributed by atoms with Gasteiger partial charge in [-0.05, 0) is 58.7 Å². The van der Waals surface area contributed by atoms with E-state index in [1.54, 1.807) is 50.6 Å². The maximum absolute atomic E-state index is 13.2. The Morgan fingerprint density at radius 1 is 0.615 bits per heavy atom. The first-order valence-corrected chi connectivity index (χ1v) is 7.92. The van der Waals surface area contributed by atoms with Gasteiger partial charge in [0.2, 0.25) is 0 Å². The lowest BCUT2D eigenvalue weighted by Crippen LogP contribution is -2.05. The van der Waals surface area contributed by atoms with Crippen molar-refractivity contribution in [3.63, 3.8) is 0 Å². The van der Waals surface area contributed by atoms with Crippen LogP contribution in [0.4, 0.5) is 13.2 Å². The highest BCUT2D eigenvalue weighted by atomic mass is 19.4. The molecule has 0 heterocycles. The lowest BCUT2D eigenvalue weighted by molar-refractivity contribution is -0.137. The Balaban J connectivity index is 2.15. The average Bonchev–Trinajstić information content (AvgIpc) is 2.67. The van der Waals surface area contributed by atoms with Crippen LogP contribution in [0.2, 0.25) is 0 Å². The van der Waals surface area contributed by atoms with Crippen molar-refractivity contribution in [2.75, 3.05) is 14.2 Å². The predicted octanol–water partition coefficient (Wildman–Crippen LogP) is 6.06. The van der Waals surface area contributed by atoms with E-state index in [-0.39, 0.29) is 0 Å². The summed E-state index contributed by atoms with van der Waals surface area (Å²) in [5.41, 5.74) is 2.03. The molecule has 134 valence electrons. The maximum atomic E-state index is 13.2. The normalized spacial score (nSPS) is 11.3. The molecule has 5 heteroatoms. The highest BCUT2D eigenvalue weighted by molar-refractivity contribution is 5.84. The molecule has 0 spiro atoms. The van der Waals surface area contributed by atoms with Crippen LogP contribution in [-0.4, -0.2) is 14.2 Å². The van der Waals surface area contributed by atoms with Crippen molar-refractivity contribution in [1.82, 2.24) is 0 Å². The molecule has 0 amide bonds. The van der Waals surface area contributed by atoms with Gasteiger partial charge in [0, 0.05) is 0 Å². The second kappa shape index (κ2) is 7.12. The molecule has 0 saturated heterocycles. The first-order chi connectivity index (χ1) is 12.4. The second-order valence-electron chi connectivity index (χ2n) is 5.72. The molecule has 0 aromatic heterocycles. The number of alkyl halides is 3. The first-order valence-electron chi connectivity index (χ1n) is 7.92. The molecule has 0 aliphatic heterocycles. The molecule has 26 heavy (non-hydrogen) atoms. The molecule has 0 radical (unpaired) electrons. The molecule has 0 bridgehead atoms. The topological polar surface area (TPSA) is 18.5 Å². The fourth-order valence-electron chi connectivity index (χ4n) is 2.75. The summed E-state index contributed by atoms with van der Waals surface area (Å²) in [4.78, 5) is 0. The average molecular weight is 358 g/mol. The van der Waals surface area contributed by atoms with E-state index < -0.39 is 11.7 Å². The lowest BCUT2D eigenvalue weighted by atomic mass is 9.92. The minimum absolute atomic E-state index is 0.507. The Morgan fingerprint density at radius 3 is 1.50 bits per heavy atom. The van der Waals surface area contributed by atoms with E-state index in [0.717, 1.165) is 11.6 Å². The van der Waals surface area contributed by atoms with Crippen molar-refractivity contribution in [3.8, 4) is 33.8 Å². The van der Waals surface area contributed by atoms with Crippen LogP contribution in [0.25, 0.3) is 22.3 Å². The number of halogens is 3. The molecule has 3 aromatic rings. The quantitative estimate of drug-likeness (QED) is 0.565. The zero-order valence-corrected chi connectivity index (χ0v) is 14.3. The van der Waals surface area contributed by atoms with E-state index in [4.69, 9.17) is 9.47 Å². The zero-order valence-electron chi connectivity index (χ0n) is 14.3. The van der Waals surface area contributed by atoms with Gasteiger partial charge in [0.1, 0.15) is 11.5 Å². The lowest BCUT2D eigenvalue weighted by Gasteiger charge is -2.15. The summed E-state index contributed by atoms with van der Waals surface area (Å²) in [7, 11) is 3.11. The van der Waals surface area contributed by atoms with Gasteiger partial charge < -0.3 is 9.47 Å². The molecule has 0 saturated carbocycles. The second-order valence-corrected chi connectivity index (χ2v) is 5.72. The van der Waals surface area contributed by atoms with Crippen LogP contribution in [0.5, 0.6) is 11.5 Å². The molecule has 3 aromatic carbocycles. The van der Waals surface area contributed by atoms with Crippen LogP contribution in [-0.2, 0) is 6.18 Å². The Kier molecular flexibility index (Phi) is 4.89. The van der Waals surface area contributed by atoms with Gasteiger partial charge >= 0.3 is 6.18 Å². The van der Waals surface area contributed by atoms with Crippen LogP contribution < -0.4 is 9.47 Å². The maximum Gasteiger partial charge on any atom is 0.416 e. The largest absolute Gasteiger partial charge is 0.497 e. The molecule has 0 atom stereocenters. The SMILES string of the molecule is COc1ccc(-c2ccc(C(F)(F)F)cc2-c2ccc(OC)cc2)cc1. The monoisotopic (exact) mass is 358 g/mol. The fraction of sp³-hybridized carbons (Fsp3) is 0.143. The minimum atomic E-state index is -4.40. The molecule has 0 N–H and O–H groups in total. The van der Waals surface area contributed by atoms with Crippen molar-refractivity contribution < 1.29 is 22.6 Å². The number of hydrogen-bond donors (Lipinski definition) is 0. The van der Waals surface area contributed by atoms with Gasteiger partial charge in [-0.1, -0.05) is 30.3 Å². The highest BCUT2D eigenvalue weighted by Gasteiger charge is 2.31. The number of benzene rings is 3. The molecule has 0 fully saturated rings. The van der Waals surface area contributed by atoms with Gasteiger partial charge in [-0.25, -0.2) is 0 Å². The van der Waals surface area contributed by atoms with Crippen molar-refractivity contribution in [2.24, 2.45) is 0 Å². The third-order valence-corrected chi connectivity index (χ3v) is 4.15. The van der Waals surface area contributed by atoms with Gasteiger partial charge in [-0.15, -0.1) is 0 Å². The third-order valence-electron chi connectivity index (χ3n) is 4.15. The summed E-state index contributed by atoms with van der Waals surface area (Å²) < 4.78 is 49.9. The van der Waals surface area contributed by atoms with Crippen LogP contribution in [0.1, 0.15) is 5.56 Å². The van der Waals surface area contributed by atoms with E-state index in [9.17, 15) is 13.2 Å². The van der Waals surface area contributed by atoms with Crippen molar-refractivity contribution in [2.45, 2.75) is 6.18 Å². The standard InChI is InChI=1S/C21H17F3O2/c1-25-17-8-3-14(4-9-17)19-12-7-16(21(22,23)24)13-20(19)15-5-10-18(26-2)11-6-15/h3-13H,1-2H3. The van der Waals surface area contributed by atoms with E-state index in [1.807, 2.05) is 12.1 Å². The number of ether oxygens (including phenoxy) is 2. The fourth-order valence-corrected chi connectivity index (χ4v) is 2.75. The van der Waals surface area contributed by atoms with Gasteiger partial charge in [0.05, 0.1) is 19.8 Å². The van der Waals surface area contributed by atoms with Crippen LogP contribution >= 0.6 is 0 Å². The first kappa shape index (κ1) is 17.9. The van der Waals surface area contributed by atoms with Crippen LogP contribution in [0, 0.1) is 0 Å². The summed E-state index contributed by atoms with van der Waals surface area (Å²) in [6.07, 6.45) is -4.40. The summed E-state index contributed by atoms with van der Waals surface area (Å²) in [5, 5.41) is 0. The number of hydrogen-bond acceptors (Lipinski definition) is 2. The summed E-state index contributed by atoms with van der Waals surface area (Å²) in [5.74, 6) is 1.33. The van der Waals surface area contributed by atoms with E-state index in [1.165, 1.54) is 12.1 Å². The summed E-state index contributed by atoms with van der Waals surface area (Å²) >= 11 is 0. The van der Waals surface area contributed by atoms with Crippen molar-refractivity contribution >= 4 is 0 Å². The Hall–Kier alpha value is -2.95. The van der Waals surface area contributed by atoms with Crippen LogP contribution in [0.15, 0.2) is 66.7 Å².